The second kappa shape index (κ2) is 12.2. The minimum absolute atomic E-state index is 0.0382. The molecule has 0 unspecified atom stereocenters. The molecule has 1 aromatic rings. The Labute approximate surface area is 240 Å². The van der Waals surface area contributed by atoms with Crippen molar-refractivity contribution in [3.8, 4) is 5.75 Å². The van der Waals surface area contributed by atoms with Gasteiger partial charge in [0.2, 0.25) is 0 Å². The number of hydrogen-bond acceptors (Lipinski definition) is 5. The molecule has 40 heavy (non-hydrogen) atoms. The normalized spacial score (nSPS) is 34.7. The molecule has 0 radical (unpaired) electrons. The number of unbranched alkanes of at least 4 members (excludes halogenated alkanes) is 5. The fraction of sp³-hybridized carbons (Fsp3) is 0.735. The van der Waals surface area contributed by atoms with Gasteiger partial charge in [-0.1, -0.05) is 70.9 Å². The molecular weight excluding hydrogens is 502 g/mol. The maximum absolute atomic E-state index is 12.5. The second-order valence-corrected chi connectivity index (χ2v) is 13.7. The number of carbonyl (C=O) groups is 1. The summed E-state index contributed by atoms with van der Waals surface area (Å²) in [6.07, 6.45) is 20.9. The zero-order valence-corrected chi connectivity index (χ0v) is 24.9. The Kier molecular flexibility index (Phi) is 8.92. The maximum atomic E-state index is 12.5. The van der Waals surface area contributed by atoms with E-state index in [0.717, 1.165) is 42.9 Å². The van der Waals surface area contributed by atoms with Crippen LogP contribution in [0.2, 0.25) is 0 Å². The van der Waals surface area contributed by atoms with Crippen LogP contribution in [0.5, 0.6) is 5.75 Å². The molecule has 0 spiro atoms. The lowest BCUT2D eigenvalue weighted by molar-refractivity contribution is -0.384. The highest BCUT2D eigenvalue weighted by atomic mass is 16.7. The average molecular weight is 552 g/mol. The third-order valence-corrected chi connectivity index (χ3v) is 11.7. The number of allylic oxidation sites excluding steroid dienone is 1. The first-order chi connectivity index (χ1) is 19.2. The molecule has 5 rings (SSSR count). The number of ether oxygens (including phenoxy) is 2. The van der Waals surface area contributed by atoms with Crippen molar-refractivity contribution in [2.24, 2.45) is 34.5 Å². The van der Waals surface area contributed by atoms with Crippen LogP contribution in [-0.2, 0) is 4.74 Å². The van der Waals surface area contributed by atoms with Gasteiger partial charge in [-0.2, -0.15) is 0 Å². The van der Waals surface area contributed by atoms with E-state index in [4.69, 9.17) is 9.47 Å². The van der Waals surface area contributed by atoms with Crippen molar-refractivity contribution in [1.82, 2.24) is 0 Å². The van der Waals surface area contributed by atoms with Gasteiger partial charge < -0.3 is 9.47 Å². The number of carbonyl (C=O) groups excluding carboxylic acids is 1. The molecule has 3 fully saturated rings. The number of non-ortho nitro benzene ring substituents is 1. The van der Waals surface area contributed by atoms with Crippen LogP contribution in [-0.4, -0.2) is 17.2 Å². The van der Waals surface area contributed by atoms with Gasteiger partial charge in [-0.3, -0.25) is 10.1 Å². The van der Waals surface area contributed by atoms with Crippen LogP contribution in [0, 0.1) is 44.6 Å². The number of rotatable bonds is 10. The molecular formula is C34H49NO5. The number of fused-ring (bicyclic) bond motifs is 5. The van der Waals surface area contributed by atoms with Crippen LogP contribution in [0.4, 0.5) is 10.5 Å². The van der Waals surface area contributed by atoms with Crippen molar-refractivity contribution in [2.45, 2.75) is 123 Å². The molecule has 0 bridgehead atoms. The van der Waals surface area contributed by atoms with E-state index in [-0.39, 0.29) is 23.0 Å². The fourth-order valence-electron chi connectivity index (χ4n) is 9.37. The lowest BCUT2D eigenvalue weighted by atomic mass is 9.47. The highest BCUT2D eigenvalue weighted by molar-refractivity contribution is 5.64. The summed E-state index contributed by atoms with van der Waals surface area (Å²) in [5.41, 5.74) is 2.18. The van der Waals surface area contributed by atoms with E-state index in [0.29, 0.717) is 5.41 Å². The van der Waals surface area contributed by atoms with Crippen molar-refractivity contribution >= 4 is 11.8 Å². The quantitative estimate of drug-likeness (QED) is 0.0722. The number of nitro groups is 1. The third-order valence-electron chi connectivity index (χ3n) is 11.7. The van der Waals surface area contributed by atoms with E-state index in [1.54, 1.807) is 0 Å². The van der Waals surface area contributed by atoms with Crippen LogP contribution in [0.25, 0.3) is 0 Å². The van der Waals surface area contributed by atoms with Crippen LogP contribution in [0.3, 0.4) is 0 Å². The molecule has 1 aromatic carbocycles. The van der Waals surface area contributed by atoms with Crippen LogP contribution < -0.4 is 4.74 Å². The van der Waals surface area contributed by atoms with Crippen molar-refractivity contribution in [2.75, 3.05) is 0 Å². The van der Waals surface area contributed by atoms with Crippen molar-refractivity contribution in [1.29, 1.82) is 0 Å². The molecule has 0 N–H and O–H groups in total. The van der Waals surface area contributed by atoms with Gasteiger partial charge in [0.05, 0.1) is 4.92 Å². The SMILES string of the molecule is CCCCCCCC[C@@H]1CC[C@@H]2[C@@H]3CC=C4C[C@@H](OC(=O)Oc5ccc([N+](=O)[O-])cc5)CC[C@]4(C)[C@H]3CC[C@]12C. The molecule has 220 valence electrons. The van der Waals surface area contributed by atoms with Gasteiger partial charge in [0, 0.05) is 18.6 Å². The lowest BCUT2D eigenvalue weighted by Crippen LogP contribution is -2.50. The molecule has 4 aliphatic rings. The molecule has 0 heterocycles. The molecule has 0 aromatic heterocycles. The van der Waals surface area contributed by atoms with Gasteiger partial charge in [0.15, 0.2) is 0 Å². The first kappa shape index (κ1) is 29.1. The summed E-state index contributed by atoms with van der Waals surface area (Å²) in [6, 6.07) is 5.51. The summed E-state index contributed by atoms with van der Waals surface area (Å²) in [4.78, 5) is 22.9. The van der Waals surface area contributed by atoms with E-state index < -0.39 is 11.1 Å². The Bertz CT molecular complexity index is 1080. The van der Waals surface area contributed by atoms with Gasteiger partial charge in [0.1, 0.15) is 11.9 Å². The van der Waals surface area contributed by atoms with E-state index in [1.165, 1.54) is 107 Å². The molecule has 0 amide bonds. The van der Waals surface area contributed by atoms with E-state index in [9.17, 15) is 14.9 Å². The smallest absolute Gasteiger partial charge is 0.430 e. The Morgan fingerprint density at radius 3 is 2.48 bits per heavy atom. The summed E-state index contributed by atoms with van der Waals surface area (Å²) in [7, 11) is 0. The second-order valence-electron chi connectivity index (χ2n) is 13.7. The first-order valence-corrected chi connectivity index (χ1v) is 16.1. The van der Waals surface area contributed by atoms with Gasteiger partial charge in [-0.05, 0) is 98.0 Å². The Morgan fingerprint density at radius 2 is 1.73 bits per heavy atom. The van der Waals surface area contributed by atoms with Gasteiger partial charge in [-0.25, -0.2) is 4.79 Å². The monoisotopic (exact) mass is 551 g/mol. The van der Waals surface area contributed by atoms with E-state index >= 15 is 0 Å². The molecule has 6 heteroatoms. The van der Waals surface area contributed by atoms with Crippen molar-refractivity contribution in [3.63, 3.8) is 0 Å². The minimum Gasteiger partial charge on any atom is -0.430 e. The molecule has 6 nitrogen and oxygen atoms in total. The summed E-state index contributed by atoms with van der Waals surface area (Å²) in [5.74, 6) is 3.57. The Hall–Kier alpha value is -2.37. The predicted octanol–water partition coefficient (Wildman–Crippen LogP) is 9.81. The summed E-state index contributed by atoms with van der Waals surface area (Å²) >= 11 is 0. The van der Waals surface area contributed by atoms with Crippen molar-refractivity contribution in [3.05, 3.63) is 46.0 Å². The zero-order valence-electron chi connectivity index (χ0n) is 24.9. The molecule has 0 saturated heterocycles. The zero-order chi connectivity index (χ0) is 28.3. The standard InChI is InChI=1S/C34H49NO5/c1-4-5-6-7-8-9-10-24-12-18-30-29-17-11-25-23-28(19-21-34(25,3)31(29)20-22-33(24,30)2)40-32(36)39-27-15-13-26(14-16-27)35(37)38/h11,13-16,24,28-31H,4-10,12,17-23H2,1-3H3/t24-,28+,29+,30-,31+,33-,34+/m1/s1. The fourth-order valence-corrected chi connectivity index (χ4v) is 9.37. The predicted molar refractivity (Wildman–Crippen MR) is 157 cm³/mol. The average Bonchev–Trinajstić information content (AvgIpc) is 3.27. The van der Waals surface area contributed by atoms with Crippen molar-refractivity contribution < 1.29 is 19.2 Å². The highest BCUT2D eigenvalue weighted by Gasteiger charge is 2.58. The summed E-state index contributed by atoms with van der Waals surface area (Å²) < 4.78 is 11.1. The Morgan fingerprint density at radius 1 is 0.975 bits per heavy atom. The molecule has 3 saturated carbocycles. The molecule has 0 aliphatic heterocycles. The van der Waals surface area contributed by atoms with Crippen LogP contribution in [0.15, 0.2) is 35.9 Å². The molecule has 7 atom stereocenters. The van der Waals surface area contributed by atoms with Crippen LogP contribution in [0.1, 0.15) is 117 Å². The molecule has 4 aliphatic carbocycles. The topological polar surface area (TPSA) is 78.7 Å². The largest absolute Gasteiger partial charge is 0.514 e. The number of nitrogens with zero attached hydrogens (tertiary/aromatic N) is 1. The van der Waals surface area contributed by atoms with E-state index in [2.05, 4.69) is 26.8 Å². The number of benzene rings is 1. The minimum atomic E-state index is -0.729. The van der Waals surface area contributed by atoms with Gasteiger partial charge >= 0.3 is 6.16 Å². The number of hydrogen-bond donors (Lipinski definition) is 0. The summed E-state index contributed by atoms with van der Waals surface area (Å²) in [5, 5.41) is 10.9. The number of nitro benzene ring substituents is 1. The lowest BCUT2D eigenvalue weighted by Gasteiger charge is -2.58. The van der Waals surface area contributed by atoms with Gasteiger partial charge in [0.25, 0.3) is 5.69 Å². The first-order valence-electron chi connectivity index (χ1n) is 16.1. The summed E-state index contributed by atoms with van der Waals surface area (Å²) in [6.45, 7) is 7.43. The Balaban J connectivity index is 1.16. The maximum Gasteiger partial charge on any atom is 0.514 e. The van der Waals surface area contributed by atoms with Crippen LogP contribution >= 0.6 is 0 Å². The highest BCUT2D eigenvalue weighted by Crippen LogP contribution is 2.66. The van der Waals surface area contributed by atoms with Gasteiger partial charge in [-0.15, -0.1) is 0 Å². The van der Waals surface area contributed by atoms with E-state index in [1.807, 2.05) is 0 Å². The third kappa shape index (κ3) is 5.83.